The Bertz CT molecular complexity index is 779. The second-order valence-corrected chi connectivity index (χ2v) is 5.45. The van der Waals surface area contributed by atoms with Gasteiger partial charge in [-0.25, -0.2) is 0 Å². The average molecular weight is 333 g/mol. The number of carbonyl (C=O) groups is 1. The van der Waals surface area contributed by atoms with Crippen molar-refractivity contribution in [2.45, 2.75) is 6.92 Å². The molecule has 4 heteroatoms. The number of hydrogen-bond donors (Lipinski definition) is 1. The van der Waals surface area contributed by atoms with Crippen LogP contribution in [0.5, 0.6) is 0 Å². The first-order valence-corrected chi connectivity index (χ1v) is 8.17. The van der Waals surface area contributed by atoms with E-state index in [2.05, 4.69) is 16.9 Å². The van der Waals surface area contributed by atoms with Crippen molar-refractivity contribution in [2.75, 3.05) is 18.9 Å². The van der Waals surface area contributed by atoms with Gasteiger partial charge in [0.05, 0.1) is 6.34 Å². The van der Waals surface area contributed by atoms with Gasteiger partial charge in [0.15, 0.2) is 0 Å². The summed E-state index contributed by atoms with van der Waals surface area (Å²) in [5.41, 5.74) is 3.18. The quantitative estimate of drug-likeness (QED) is 0.467. The number of nitrogens with one attached hydrogen (secondary N) is 1. The zero-order chi connectivity index (χ0) is 18.1. The first-order valence-electron chi connectivity index (χ1n) is 8.17. The van der Waals surface area contributed by atoms with Crippen LogP contribution in [0.3, 0.4) is 0 Å². The second-order valence-electron chi connectivity index (χ2n) is 5.45. The number of hydrogen-bond acceptors (Lipinski definition) is 2. The number of benzene rings is 2. The smallest absolute Gasteiger partial charge is 0.272 e. The van der Waals surface area contributed by atoms with Crippen LogP contribution in [0.15, 0.2) is 71.9 Å². The fourth-order valence-corrected chi connectivity index (χ4v) is 2.24. The number of anilines is 1. The van der Waals surface area contributed by atoms with Gasteiger partial charge in [0, 0.05) is 19.3 Å². The number of likely N-dealkylation sites (N-methyl/N-ethyl adjacent to an activating group) is 1. The fourth-order valence-electron chi connectivity index (χ4n) is 2.24. The molecule has 0 bridgehead atoms. The van der Waals surface area contributed by atoms with E-state index in [1.54, 1.807) is 17.3 Å². The van der Waals surface area contributed by atoms with Crippen LogP contribution in [0, 0.1) is 0 Å². The van der Waals surface area contributed by atoms with Crippen LogP contribution < -0.4 is 5.32 Å². The van der Waals surface area contributed by atoms with Crippen molar-refractivity contribution in [3.8, 4) is 0 Å². The average Bonchev–Trinajstić information content (AvgIpc) is 2.65. The van der Waals surface area contributed by atoms with Crippen molar-refractivity contribution >= 4 is 30.1 Å². The van der Waals surface area contributed by atoms with E-state index >= 15 is 0 Å². The number of amides is 1. The molecule has 4 nitrogen and oxygen atoms in total. The van der Waals surface area contributed by atoms with Crippen molar-refractivity contribution < 1.29 is 4.79 Å². The standard InChI is InChI=1S/C21H23N3O/c1-4-17-10-9-11-18(14-17)15-20(24(3)16-22-5-2)21(25)23-19-12-7-6-8-13-19/h4,6-16H,1,5H2,2-3H3,(H,23,25)/b20-15-,22-16?. The molecule has 0 saturated heterocycles. The van der Waals surface area contributed by atoms with E-state index in [1.807, 2.05) is 74.6 Å². The molecule has 1 amide bonds. The molecule has 0 unspecified atom stereocenters. The maximum absolute atomic E-state index is 12.8. The zero-order valence-electron chi connectivity index (χ0n) is 14.6. The largest absolute Gasteiger partial charge is 0.331 e. The van der Waals surface area contributed by atoms with Crippen LogP contribution >= 0.6 is 0 Å². The van der Waals surface area contributed by atoms with Gasteiger partial charge >= 0.3 is 0 Å². The number of aliphatic imine (C=N–C) groups is 1. The highest BCUT2D eigenvalue weighted by molar-refractivity contribution is 6.07. The lowest BCUT2D eigenvalue weighted by Gasteiger charge is -2.17. The molecule has 1 N–H and O–H groups in total. The van der Waals surface area contributed by atoms with Crippen LogP contribution in [0.4, 0.5) is 5.69 Å². The molecule has 0 aliphatic carbocycles. The molecule has 0 radical (unpaired) electrons. The minimum Gasteiger partial charge on any atom is -0.331 e. The molecular formula is C21H23N3O. The maximum atomic E-state index is 12.8. The molecule has 0 aliphatic rings. The van der Waals surface area contributed by atoms with Gasteiger partial charge in [-0.05, 0) is 42.3 Å². The third kappa shape index (κ3) is 5.46. The van der Waals surface area contributed by atoms with E-state index in [0.29, 0.717) is 12.2 Å². The molecule has 0 atom stereocenters. The lowest BCUT2D eigenvalue weighted by atomic mass is 10.1. The van der Waals surface area contributed by atoms with Gasteiger partial charge < -0.3 is 10.2 Å². The van der Waals surface area contributed by atoms with Gasteiger partial charge in [0.2, 0.25) is 0 Å². The Morgan fingerprint density at radius 2 is 1.88 bits per heavy atom. The monoisotopic (exact) mass is 333 g/mol. The van der Waals surface area contributed by atoms with Crippen LogP contribution in [0.25, 0.3) is 12.2 Å². The molecule has 0 aliphatic heterocycles. The summed E-state index contributed by atoms with van der Waals surface area (Å²) >= 11 is 0. The second kappa shape index (κ2) is 9.23. The van der Waals surface area contributed by atoms with Crippen LogP contribution in [0.2, 0.25) is 0 Å². The Kier molecular flexibility index (Phi) is 6.72. The molecule has 2 aromatic rings. The van der Waals surface area contributed by atoms with Gasteiger partial charge in [0.1, 0.15) is 5.70 Å². The van der Waals surface area contributed by atoms with Crippen molar-refractivity contribution in [3.05, 3.63) is 78.0 Å². The molecule has 0 heterocycles. The summed E-state index contributed by atoms with van der Waals surface area (Å²) in [7, 11) is 1.81. The lowest BCUT2D eigenvalue weighted by molar-refractivity contribution is -0.113. The first-order chi connectivity index (χ1) is 12.1. The number of para-hydroxylation sites is 1. The SMILES string of the molecule is C=Cc1cccc(/C=C(/C(=O)Nc2ccccc2)N(C)C=NCC)c1. The van der Waals surface area contributed by atoms with Crippen molar-refractivity contribution in [3.63, 3.8) is 0 Å². The molecule has 25 heavy (non-hydrogen) atoms. The number of rotatable bonds is 7. The van der Waals surface area contributed by atoms with E-state index in [-0.39, 0.29) is 5.91 Å². The molecule has 128 valence electrons. The molecule has 2 rings (SSSR count). The summed E-state index contributed by atoms with van der Waals surface area (Å²) in [5.74, 6) is -0.194. The van der Waals surface area contributed by atoms with Gasteiger partial charge in [0.25, 0.3) is 5.91 Å². The van der Waals surface area contributed by atoms with Gasteiger partial charge in [-0.3, -0.25) is 9.79 Å². The molecule has 0 spiro atoms. The van der Waals surface area contributed by atoms with Crippen molar-refractivity contribution in [2.24, 2.45) is 4.99 Å². The highest BCUT2D eigenvalue weighted by atomic mass is 16.2. The maximum Gasteiger partial charge on any atom is 0.272 e. The fraction of sp³-hybridized carbons (Fsp3) is 0.143. The Balaban J connectivity index is 2.34. The summed E-state index contributed by atoms with van der Waals surface area (Å²) < 4.78 is 0. The first kappa shape index (κ1) is 18.2. The third-order valence-corrected chi connectivity index (χ3v) is 3.53. The van der Waals surface area contributed by atoms with E-state index in [0.717, 1.165) is 16.8 Å². The molecular weight excluding hydrogens is 310 g/mol. The predicted molar refractivity (Wildman–Crippen MR) is 106 cm³/mol. The van der Waals surface area contributed by atoms with E-state index in [9.17, 15) is 4.79 Å². The Labute approximate surface area is 149 Å². The Morgan fingerprint density at radius 3 is 2.56 bits per heavy atom. The molecule has 2 aromatic carbocycles. The van der Waals surface area contributed by atoms with Crippen LogP contribution in [-0.4, -0.2) is 30.7 Å². The van der Waals surface area contributed by atoms with Crippen molar-refractivity contribution in [1.29, 1.82) is 0 Å². The summed E-state index contributed by atoms with van der Waals surface area (Å²) in [6, 6.07) is 17.2. The number of carbonyl (C=O) groups excluding carboxylic acids is 1. The molecule has 0 fully saturated rings. The summed E-state index contributed by atoms with van der Waals surface area (Å²) in [6.45, 7) is 6.39. The Morgan fingerprint density at radius 1 is 1.16 bits per heavy atom. The van der Waals surface area contributed by atoms with Gasteiger partial charge in [-0.1, -0.05) is 49.1 Å². The summed E-state index contributed by atoms with van der Waals surface area (Å²) in [5, 5.41) is 2.92. The minimum absolute atomic E-state index is 0.194. The van der Waals surface area contributed by atoms with Gasteiger partial charge in [-0.15, -0.1) is 0 Å². The zero-order valence-corrected chi connectivity index (χ0v) is 14.6. The van der Waals surface area contributed by atoms with E-state index < -0.39 is 0 Å². The molecule has 0 saturated carbocycles. The Hall–Kier alpha value is -3.14. The highest BCUT2D eigenvalue weighted by Gasteiger charge is 2.14. The van der Waals surface area contributed by atoms with Crippen molar-refractivity contribution in [1.82, 2.24) is 4.90 Å². The van der Waals surface area contributed by atoms with E-state index in [4.69, 9.17) is 0 Å². The van der Waals surface area contributed by atoms with Gasteiger partial charge in [-0.2, -0.15) is 0 Å². The lowest BCUT2D eigenvalue weighted by Crippen LogP contribution is -2.27. The summed E-state index contributed by atoms with van der Waals surface area (Å²) in [4.78, 5) is 18.7. The summed E-state index contributed by atoms with van der Waals surface area (Å²) in [6.07, 6.45) is 5.28. The number of nitrogens with zero attached hydrogens (tertiary/aromatic N) is 2. The topological polar surface area (TPSA) is 44.7 Å². The highest BCUT2D eigenvalue weighted by Crippen LogP contribution is 2.15. The molecule has 0 aromatic heterocycles. The third-order valence-electron chi connectivity index (χ3n) is 3.53. The van der Waals surface area contributed by atoms with Crippen LogP contribution in [-0.2, 0) is 4.79 Å². The minimum atomic E-state index is -0.194. The van der Waals surface area contributed by atoms with E-state index in [1.165, 1.54) is 0 Å². The normalized spacial score (nSPS) is 11.4. The van der Waals surface area contributed by atoms with Crippen LogP contribution in [0.1, 0.15) is 18.1 Å². The predicted octanol–water partition coefficient (Wildman–Crippen LogP) is 4.29.